The Kier molecular flexibility index (Phi) is 6.74. The fourth-order valence-electron chi connectivity index (χ4n) is 1.64. The van der Waals surface area contributed by atoms with Crippen LogP contribution in [0.1, 0.15) is 22.8 Å². The van der Waals surface area contributed by atoms with E-state index in [1.165, 1.54) is 20.3 Å². The van der Waals surface area contributed by atoms with Gasteiger partial charge in [-0.1, -0.05) is 24.3 Å². The Morgan fingerprint density at radius 3 is 2.62 bits per heavy atom. The van der Waals surface area contributed by atoms with E-state index < -0.39 is 5.97 Å². The zero-order chi connectivity index (χ0) is 15.7. The third-order valence-electron chi connectivity index (χ3n) is 2.69. The fraction of sp³-hybridized carbons (Fsp3) is 0.250. The first-order chi connectivity index (χ1) is 10.1. The Labute approximate surface area is 124 Å². The number of nitrogens with one attached hydrogen (secondary N) is 1. The first-order valence-electron chi connectivity index (χ1n) is 6.44. The van der Waals surface area contributed by atoms with E-state index in [0.29, 0.717) is 17.9 Å². The fourth-order valence-corrected chi connectivity index (χ4v) is 1.64. The number of amides is 1. The lowest BCUT2D eigenvalue weighted by molar-refractivity contribution is -0.116. The molecule has 0 spiro atoms. The van der Waals surface area contributed by atoms with Crippen molar-refractivity contribution in [2.75, 3.05) is 14.2 Å². The molecule has 1 aromatic carbocycles. The van der Waals surface area contributed by atoms with Gasteiger partial charge < -0.3 is 14.8 Å². The Hall–Kier alpha value is -2.56. The molecule has 1 rings (SSSR count). The summed E-state index contributed by atoms with van der Waals surface area (Å²) in [5, 5.41) is 2.73. The molecule has 0 radical (unpaired) electrons. The Morgan fingerprint density at radius 1 is 1.24 bits per heavy atom. The maximum Gasteiger partial charge on any atom is 0.341 e. The SMILES string of the molecule is CC=CC=CC(=O)NCc1ccc(OC)c(C(=O)OC)c1. The lowest BCUT2D eigenvalue weighted by Crippen LogP contribution is -2.20. The number of allylic oxidation sites excluding steroid dienone is 3. The van der Waals surface area contributed by atoms with Crippen LogP contribution in [-0.2, 0) is 16.1 Å². The summed E-state index contributed by atoms with van der Waals surface area (Å²) in [6.45, 7) is 2.18. The van der Waals surface area contributed by atoms with Crippen molar-refractivity contribution < 1.29 is 19.1 Å². The molecule has 0 aromatic heterocycles. The van der Waals surface area contributed by atoms with Crippen molar-refractivity contribution in [3.8, 4) is 5.75 Å². The van der Waals surface area contributed by atoms with Crippen molar-refractivity contribution in [2.24, 2.45) is 0 Å². The van der Waals surface area contributed by atoms with E-state index in [1.54, 1.807) is 30.4 Å². The summed E-state index contributed by atoms with van der Waals surface area (Å²) in [5.74, 6) is -0.249. The standard InChI is InChI=1S/C16H19NO4/c1-4-5-6-7-15(18)17-11-12-8-9-14(20-2)13(10-12)16(19)21-3/h4-10H,11H2,1-3H3,(H,17,18). The molecule has 0 aliphatic carbocycles. The maximum absolute atomic E-state index is 11.6. The number of esters is 1. The molecule has 112 valence electrons. The van der Waals surface area contributed by atoms with Gasteiger partial charge in [0.2, 0.25) is 5.91 Å². The van der Waals surface area contributed by atoms with Crippen LogP contribution in [0.25, 0.3) is 0 Å². The van der Waals surface area contributed by atoms with E-state index in [0.717, 1.165) is 5.56 Å². The zero-order valence-corrected chi connectivity index (χ0v) is 12.4. The number of rotatable bonds is 6. The molecule has 0 saturated heterocycles. The molecule has 0 fully saturated rings. The minimum absolute atomic E-state index is 0.205. The number of carbonyl (C=O) groups excluding carboxylic acids is 2. The average Bonchev–Trinajstić information content (AvgIpc) is 2.52. The number of benzene rings is 1. The Bertz CT molecular complexity index is 561. The van der Waals surface area contributed by atoms with Crippen LogP contribution < -0.4 is 10.1 Å². The van der Waals surface area contributed by atoms with E-state index >= 15 is 0 Å². The van der Waals surface area contributed by atoms with Crippen molar-refractivity contribution in [1.29, 1.82) is 0 Å². The average molecular weight is 289 g/mol. The molecular formula is C16H19NO4. The summed E-state index contributed by atoms with van der Waals surface area (Å²) >= 11 is 0. The maximum atomic E-state index is 11.6. The van der Waals surface area contributed by atoms with E-state index in [1.807, 2.05) is 13.0 Å². The highest BCUT2D eigenvalue weighted by atomic mass is 16.5. The van der Waals surface area contributed by atoms with Gasteiger partial charge in [0.1, 0.15) is 11.3 Å². The van der Waals surface area contributed by atoms with Crippen LogP contribution in [-0.4, -0.2) is 26.1 Å². The number of methoxy groups -OCH3 is 2. The second kappa shape index (κ2) is 8.58. The smallest absolute Gasteiger partial charge is 0.341 e. The normalized spacial score (nSPS) is 10.8. The van der Waals surface area contributed by atoms with Gasteiger partial charge in [0, 0.05) is 12.6 Å². The number of hydrogen-bond acceptors (Lipinski definition) is 4. The monoisotopic (exact) mass is 289 g/mol. The molecule has 1 N–H and O–H groups in total. The molecule has 0 saturated carbocycles. The van der Waals surface area contributed by atoms with Gasteiger partial charge in [-0.15, -0.1) is 0 Å². The first-order valence-corrected chi connectivity index (χ1v) is 6.44. The van der Waals surface area contributed by atoms with Crippen LogP contribution in [0.15, 0.2) is 42.5 Å². The molecule has 1 amide bonds. The highest BCUT2D eigenvalue weighted by Crippen LogP contribution is 2.20. The molecule has 0 aliphatic rings. The molecule has 0 atom stereocenters. The lowest BCUT2D eigenvalue weighted by atomic mass is 10.1. The molecular weight excluding hydrogens is 270 g/mol. The minimum Gasteiger partial charge on any atom is -0.496 e. The van der Waals surface area contributed by atoms with E-state index in [2.05, 4.69) is 5.32 Å². The van der Waals surface area contributed by atoms with Crippen LogP contribution in [0.3, 0.4) is 0 Å². The highest BCUT2D eigenvalue weighted by Gasteiger charge is 2.13. The topological polar surface area (TPSA) is 64.6 Å². The van der Waals surface area contributed by atoms with Crippen molar-refractivity contribution in [2.45, 2.75) is 13.5 Å². The van der Waals surface area contributed by atoms with E-state index in [9.17, 15) is 9.59 Å². The minimum atomic E-state index is -0.479. The van der Waals surface area contributed by atoms with E-state index in [4.69, 9.17) is 9.47 Å². The number of hydrogen-bond donors (Lipinski definition) is 1. The summed E-state index contributed by atoms with van der Waals surface area (Å²) in [6.07, 6.45) is 6.69. The van der Waals surface area contributed by atoms with Gasteiger partial charge in [-0.2, -0.15) is 0 Å². The molecule has 0 aliphatic heterocycles. The summed E-state index contributed by atoms with van der Waals surface area (Å²) in [5.41, 5.74) is 1.11. The molecule has 0 heterocycles. The van der Waals surface area contributed by atoms with Crippen molar-refractivity contribution >= 4 is 11.9 Å². The molecule has 5 heteroatoms. The Balaban J connectivity index is 2.76. The third-order valence-corrected chi connectivity index (χ3v) is 2.69. The van der Waals surface area contributed by atoms with Gasteiger partial charge in [0.15, 0.2) is 0 Å². The second-order valence-corrected chi connectivity index (χ2v) is 4.13. The van der Waals surface area contributed by atoms with Gasteiger partial charge in [-0.25, -0.2) is 4.79 Å². The second-order valence-electron chi connectivity index (χ2n) is 4.13. The predicted octanol–water partition coefficient (Wildman–Crippen LogP) is 2.23. The first kappa shape index (κ1) is 16.5. The molecule has 1 aromatic rings. The zero-order valence-electron chi connectivity index (χ0n) is 12.4. The summed E-state index contributed by atoms with van der Waals surface area (Å²) in [6, 6.07) is 5.09. The lowest BCUT2D eigenvalue weighted by Gasteiger charge is -2.09. The van der Waals surface area contributed by atoms with Crippen molar-refractivity contribution in [3.63, 3.8) is 0 Å². The molecule has 5 nitrogen and oxygen atoms in total. The van der Waals surface area contributed by atoms with Gasteiger partial charge in [-0.05, 0) is 24.6 Å². The highest BCUT2D eigenvalue weighted by molar-refractivity contribution is 5.92. The summed E-state index contributed by atoms with van der Waals surface area (Å²) in [4.78, 5) is 23.2. The molecule has 21 heavy (non-hydrogen) atoms. The Morgan fingerprint density at radius 2 is 2.00 bits per heavy atom. The van der Waals surface area contributed by atoms with Crippen LogP contribution in [0, 0.1) is 0 Å². The quantitative estimate of drug-likeness (QED) is 0.495. The van der Waals surface area contributed by atoms with Crippen molar-refractivity contribution in [3.05, 3.63) is 53.6 Å². The van der Waals surface area contributed by atoms with Gasteiger partial charge in [-0.3, -0.25) is 4.79 Å². The number of ether oxygens (including phenoxy) is 2. The molecule has 0 bridgehead atoms. The van der Waals surface area contributed by atoms with Gasteiger partial charge in [0.25, 0.3) is 0 Å². The predicted molar refractivity (Wildman–Crippen MR) is 80.1 cm³/mol. The van der Waals surface area contributed by atoms with Gasteiger partial charge >= 0.3 is 5.97 Å². The third kappa shape index (κ3) is 5.14. The van der Waals surface area contributed by atoms with Crippen LogP contribution in [0.2, 0.25) is 0 Å². The van der Waals surface area contributed by atoms with Crippen molar-refractivity contribution in [1.82, 2.24) is 5.32 Å². The van der Waals surface area contributed by atoms with Gasteiger partial charge in [0.05, 0.1) is 14.2 Å². The van der Waals surface area contributed by atoms with Crippen LogP contribution in [0.5, 0.6) is 5.75 Å². The molecule has 0 unspecified atom stereocenters. The van der Waals surface area contributed by atoms with Crippen LogP contribution >= 0.6 is 0 Å². The van der Waals surface area contributed by atoms with Crippen LogP contribution in [0.4, 0.5) is 0 Å². The van der Waals surface area contributed by atoms with E-state index in [-0.39, 0.29) is 5.91 Å². The summed E-state index contributed by atoms with van der Waals surface area (Å²) < 4.78 is 9.81. The number of carbonyl (C=O) groups is 2. The summed E-state index contributed by atoms with van der Waals surface area (Å²) in [7, 11) is 2.79. The largest absolute Gasteiger partial charge is 0.496 e.